The van der Waals surface area contributed by atoms with Crippen LogP contribution in [0, 0.1) is 6.92 Å². The lowest BCUT2D eigenvalue weighted by Crippen LogP contribution is -2.41. The van der Waals surface area contributed by atoms with E-state index >= 15 is 0 Å². The van der Waals surface area contributed by atoms with Crippen LogP contribution in [-0.2, 0) is 10.3 Å². The Hall–Kier alpha value is -2.82. The zero-order chi connectivity index (χ0) is 17.2. The van der Waals surface area contributed by atoms with E-state index < -0.39 is 5.54 Å². The van der Waals surface area contributed by atoms with Crippen LogP contribution < -0.4 is 10.1 Å². The Morgan fingerprint density at radius 2 is 1.71 bits per heavy atom. The molecule has 3 rings (SSSR count). The van der Waals surface area contributed by atoms with Gasteiger partial charge in [-0.05, 0) is 31.0 Å². The third-order valence-corrected chi connectivity index (χ3v) is 4.29. The molecule has 0 saturated carbocycles. The fourth-order valence-electron chi connectivity index (χ4n) is 2.83. The van der Waals surface area contributed by atoms with Crippen LogP contribution in [0.3, 0.4) is 0 Å². The number of para-hydroxylation sites is 1. The van der Waals surface area contributed by atoms with E-state index in [1.54, 1.807) is 6.92 Å². The number of carbonyl (C=O) groups excluding carboxylic acids is 2. The Morgan fingerprint density at radius 3 is 2.42 bits per heavy atom. The van der Waals surface area contributed by atoms with Crippen LogP contribution >= 0.6 is 0 Å². The van der Waals surface area contributed by atoms with E-state index in [0.717, 1.165) is 16.9 Å². The average Bonchev–Trinajstić information content (AvgIpc) is 2.81. The molecule has 0 bridgehead atoms. The van der Waals surface area contributed by atoms with Crippen molar-refractivity contribution in [2.45, 2.75) is 19.4 Å². The number of nitrogens with zero attached hydrogens (tertiary/aromatic N) is 1. The highest BCUT2D eigenvalue weighted by atomic mass is 16.5. The second-order valence-electron chi connectivity index (χ2n) is 5.99. The number of aryl methyl sites for hydroxylation is 1. The highest BCUT2D eigenvalue weighted by Crippen LogP contribution is 2.28. The van der Waals surface area contributed by atoms with Crippen LogP contribution in [0.1, 0.15) is 18.1 Å². The number of rotatable bonds is 5. The zero-order valence-corrected chi connectivity index (χ0v) is 13.8. The highest BCUT2D eigenvalue weighted by Gasteiger charge is 2.48. The molecule has 3 amide bonds. The summed E-state index contributed by atoms with van der Waals surface area (Å²) < 4.78 is 5.70. The average molecular weight is 324 g/mol. The first-order chi connectivity index (χ1) is 11.5. The van der Waals surface area contributed by atoms with Gasteiger partial charge in [-0.3, -0.25) is 9.69 Å². The second kappa shape index (κ2) is 6.35. The molecule has 1 saturated heterocycles. The van der Waals surface area contributed by atoms with Crippen molar-refractivity contribution in [1.82, 2.24) is 10.2 Å². The number of nitrogens with one attached hydrogen (secondary N) is 1. The molecule has 5 nitrogen and oxygen atoms in total. The van der Waals surface area contributed by atoms with Crippen LogP contribution in [0.4, 0.5) is 4.79 Å². The van der Waals surface area contributed by atoms with Gasteiger partial charge in [0, 0.05) is 0 Å². The monoisotopic (exact) mass is 324 g/mol. The maximum Gasteiger partial charge on any atom is 0.325 e. The summed E-state index contributed by atoms with van der Waals surface area (Å²) >= 11 is 0. The Balaban J connectivity index is 1.68. The van der Waals surface area contributed by atoms with Gasteiger partial charge in [-0.1, -0.05) is 48.5 Å². The predicted molar refractivity (Wildman–Crippen MR) is 90.7 cm³/mol. The van der Waals surface area contributed by atoms with Crippen LogP contribution in [0.15, 0.2) is 54.6 Å². The van der Waals surface area contributed by atoms with Crippen molar-refractivity contribution in [3.63, 3.8) is 0 Å². The zero-order valence-electron chi connectivity index (χ0n) is 13.8. The minimum absolute atomic E-state index is 0.210. The first-order valence-corrected chi connectivity index (χ1v) is 7.90. The van der Waals surface area contributed by atoms with E-state index in [9.17, 15) is 9.59 Å². The van der Waals surface area contributed by atoms with Crippen molar-refractivity contribution in [2.75, 3.05) is 13.2 Å². The summed E-state index contributed by atoms with van der Waals surface area (Å²) in [7, 11) is 0. The van der Waals surface area contributed by atoms with Crippen molar-refractivity contribution < 1.29 is 14.3 Å². The fraction of sp³-hybridized carbons (Fsp3) is 0.263. The lowest BCUT2D eigenvalue weighted by atomic mass is 9.92. The molecule has 5 heteroatoms. The summed E-state index contributed by atoms with van der Waals surface area (Å²) in [5.74, 6) is 0.502. The molecule has 0 radical (unpaired) electrons. The van der Waals surface area contributed by atoms with Gasteiger partial charge in [-0.15, -0.1) is 0 Å². The molecule has 1 N–H and O–H groups in total. The predicted octanol–water partition coefficient (Wildman–Crippen LogP) is 2.84. The summed E-state index contributed by atoms with van der Waals surface area (Å²) in [6, 6.07) is 16.5. The maximum atomic E-state index is 12.7. The van der Waals surface area contributed by atoms with Gasteiger partial charge in [0.25, 0.3) is 5.91 Å². The first kappa shape index (κ1) is 16.1. The fourth-order valence-corrected chi connectivity index (χ4v) is 2.83. The maximum absolute atomic E-state index is 12.7. The minimum atomic E-state index is -1.03. The summed E-state index contributed by atoms with van der Waals surface area (Å²) in [5, 5.41) is 2.79. The first-order valence-electron chi connectivity index (χ1n) is 7.90. The molecule has 0 spiro atoms. The molecular weight excluding hydrogens is 304 g/mol. The van der Waals surface area contributed by atoms with Crippen molar-refractivity contribution in [3.05, 3.63) is 65.7 Å². The van der Waals surface area contributed by atoms with Gasteiger partial charge >= 0.3 is 6.03 Å². The molecule has 1 unspecified atom stereocenters. The minimum Gasteiger partial charge on any atom is -0.491 e. The van der Waals surface area contributed by atoms with Crippen LogP contribution in [0.5, 0.6) is 5.75 Å². The van der Waals surface area contributed by atoms with Crippen molar-refractivity contribution in [3.8, 4) is 5.75 Å². The van der Waals surface area contributed by atoms with Gasteiger partial charge in [0.1, 0.15) is 17.9 Å². The summed E-state index contributed by atoms with van der Waals surface area (Å²) in [6.07, 6.45) is 0. The number of imide groups is 1. The molecule has 1 fully saturated rings. The Morgan fingerprint density at radius 1 is 1.04 bits per heavy atom. The Bertz CT molecular complexity index is 760. The molecule has 0 aliphatic carbocycles. The molecule has 1 heterocycles. The van der Waals surface area contributed by atoms with Gasteiger partial charge in [0.15, 0.2) is 0 Å². The summed E-state index contributed by atoms with van der Waals surface area (Å²) in [4.78, 5) is 26.2. The second-order valence-corrected chi connectivity index (χ2v) is 5.99. The van der Waals surface area contributed by atoms with Crippen molar-refractivity contribution in [1.29, 1.82) is 0 Å². The number of hydrogen-bond acceptors (Lipinski definition) is 3. The smallest absolute Gasteiger partial charge is 0.325 e. The Kier molecular flexibility index (Phi) is 4.25. The van der Waals surface area contributed by atoms with Gasteiger partial charge in [-0.25, -0.2) is 4.79 Å². The number of urea groups is 1. The van der Waals surface area contributed by atoms with Crippen LogP contribution in [0.25, 0.3) is 0 Å². The quantitative estimate of drug-likeness (QED) is 0.861. The molecular formula is C19H20N2O3. The molecule has 1 aliphatic heterocycles. The van der Waals surface area contributed by atoms with Gasteiger partial charge in [0.2, 0.25) is 0 Å². The van der Waals surface area contributed by atoms with Crippen molar-refractivity contribution >= 4 is 11.9 Å². The van der Waals surface area contributed by atoms with E-state index in [2.05, 4.69) is 5.32 Å². The highest BCUT2D eigenvalue weighted by molar-refractivity contribution is 6.07. The molecule has 2 aromatic rings. The van der Waals surface area contributed by atoms with E-state index in [-0.39, 0.29) is 25.1 Å². The van der Waals surface area contributed by atoms with E-state index in [1.807, 2.05) is 61.5 Å². The van der Waals surface area contributed by atoms with Gasteiger partial charge in [0.05, 0.1) is 6.54 Å². The summed E-state index contributed by atoms with van der Waals surface area (Å²) in [5.41, 5.74) is 0.760. The number of amides is 3. The van der Waals surface area contributed by atoms with E-state index in [4.69, 9.17) is 4.74 Å². The molecule has 1 atom stereocenters. The molecule has 1 aliphatic rings. The summed E-state index contributed by atoms with van der Waals surface area (Å²) in [6.45, 7) is 4.15. The van der Waals surface area contributed by atoms with Gasteiger partial charge in [-0.2, -0.15) is 0 Å². The van der Waals surface area contributed by atoms with Crippen molar-refractivity contribution in [2.24, 2.45) is 0 Å². The SMILES string of the molecule is Cc1ccccc1OCCN1C(=O)NC(C)(c2ccccc2)C1=O. The molecule has 2 aromatic carbocycles. The standard InChI is InChI=1S/C19H20N2O3/c1-14-8-6-7-11-16(14)24-13-12-21-17(22)19(2,20-18(21)23)15-9-4-3-5-10-15/h3-11H,12-13H2,1-2H3,(H,20,23). The third-order valence-electron chi connectivity index (χ3n) is 4.29. The topological polar surface area (TPSA) is 58.6 Å². The van der Waals surface area contributed by atoms with Crippen LogP contribution in [0.2, 0.25) is 0 Å². The number of hydrogen-bond donors (Lipinski definition) is 1. The Labute approximate surface area is 141 Å². The molecule has 24 heavy (non-hydrogen) atoms. The van der Waals surface area contributed by atoms with Gasteiger partial charge < -0.3 is 10.1 Å². The number of benzene rings is 2. The number of carbonyl (C=O) groups is 2. The number of ether oxygens (including phenoxy) is 1. The van der Waals surface area contributed by atoms with Crippen LogP contribution in [-0.4, -0.2) is 30.0 Å². The van der Waals surface area contributed by atoms with E-state index in [1.165, 1.54) is 4.90 Å². The lowest BCUT2D eigenvalue weighted by Gasteiger charge is -2.22. The molecule has 0 aromatic heterocycles. The normalized spacial score (nSPS) is 20.2. The largest absolute Gasteiger partial charge is 0.491 e. The van der Waals surface area contributed by atoms with E-state index in [0.29, 0.717) is 0 Å². The molecule has 124 valence electrons. The third kappa shape index (κ3) is 2.85. The lowest BCUT2D eigenvalue weighted by molar-refractivity contribution is -0.131.